The van der Waals surface area contributed by atoms with E-state index in [4.69, 9.17) is 0 Å². The van der Waals surface area contributed by atoms with Gasteiger partial charge in [0.2, 0.25) is 5.91 Å². The van der Waals surface area contributed by atoms with Crippen molar-refractivity contribution < 1.29 is 4.79 Å². The van der Waals surface area contributed by atoms with Crippen LogP contribution in [0, 0.1) is 0 Å². The molecule has 4 heteroatoms. The Balaban J connectivity index is 2.17. The van der Waals surface area contributed by atoms with Crippen LogP contribution in [0.3, 0.4) is 0 Å². The maximum atomic E-state index is 11.3. The van der Waals surface area contributed by atoms with E-state index in [0.717, 1.165) is 10.0 Å². The van der Waals surface area contributed by atoms with E-state index >= 15 is 0 Å². The lowest BCUT2D eigenvalue weighted by Crippen LogP contribution is -2.22. The molecule has 0 unspecified atom stereocenters. The minimum Gasteiger partial charge on any atom is -0.339 e. The Morgan fingerprint density at radius 1 is 1.36 bits per heavy atom. The largest absolute Gasteiger partial charge is 0.339 e. The zero-order valence-electron chi connectivity index (χ0n) is 7.66. The fourth-order valence-electron chi connectivity index (χ4n) is 1.35. The monoisotopic (exact) mass is 271 g/mol. The van der Waals surface area contributed by atoms with Crippen molar-refractivity contribution in [1.82, 2.24) is 5.32 Å². The van der Waals surface area contributed by atoms with Crippen LogP contribution in [0.2, 0.25) is 0 Å². The average molecular weight is 272 g/mol. The third kappa shape index (κ3) is 1.96. The molecular formula is C10H10BrNOS. The van der Waals surface area contributed by atoms with Crippen LogP contribution in [0.5, 0.6) is 0 Å². The van der Waals surface area contributed by atoms with Gasteiger partial charge in [0.1, 0.15) is 5.37 Å². The van der Waals surface area contributed by atoms with Crippen LogP contribution < -0.4 is 5.32 Å². The molecule has 1 amide bonds. The normalized spacial score (nSPS) is 26.3. The predicted molar refractivity (Wildman–Crippen MR) is 62.1 cm³/mol. The van der Waals surface area contributed by atoms with Crippen molar-refractivity contribution in [2.45, 2.75) is 17.5 Å². The van der Waals surface area contributed by atoms with Gasteiger partial charge in [0, 0.05) is 4.47 Å². The van der Waals surface area contributed by atoms with Gasteiger partial charge in [-0.05, 0) is 24.6 Å². The fourth-order valence-corrected chi connectivity index (χ4v) is 2.71. The molecule has 1 fully saturated rings. The van der Waals surface area contributed by atoms with Gasteiger partial charge in [0.25, 0.3) is 0 Å². The number of amides is 1. The summed E-state index contributed by atoms with van der Waals surface area (Å²) in [5, 5.41) is 3.12. The molecule has 0 saturated carbocycles. The third-order valence-electron chi connectivity index (χ3n) is 2.16. The molecule has 1 aliphatic rings. The summed E-state index contributed by atoms with van der Waals surface area (Å²) in [4.78, 5) is 11.3. The van der Waals surface area contributed by atoms with Crippen molar-refractivity contribution in [3.63, 3.8) is 0 Å². The van der Waals surface area contributed by atoms with Gasteiger partial charge >= 0.3 is 0 Å². The van der Waals surface area contributed by atoms with Gasteiger partial charge in [-0.1, -0.05) is 28.1 Å². The second-order valence-corrected chi connectivity index (χ2v) is 5.58. The number of hydrogen-bond donors (Lipinski definition) is 1. The lowest BCUT2D eigenvalue weighted by Gasteiger charge is -2.08. The first kappa shape index (κ1) is 10.1. The highest BCUT2D eigenvalue weighted by Gasteiger charge is 2.29. The minimum absolute atomic E-state index is 0.0589. The molecule has 0 bridgehead atoms. The van der Waals surface area contributed by atoms with E-state index in [2.05, 4.69) is 21.2 Å². The van der Waals surface area contributed by atoms with E-state index in [1.165, 1.54) is 0 Å². The van der Waals surface area contributed by atoms with Crippen LogP contribution in [0.4, 0.5) is 0 Å². The molecule has 2 atom stereocenters. The maximum Gasteiger partial charge on any atom is 0.234 e. The number of carbonyl (C=O) groups excluding carboxylic acids is 1. The highest BCUT2D eigenvalue weighted by atomic mass is 79.9. The average Bonchev–Trinajstić information content (AvgIpc) is 2.48. The maximum absolute atomic E-state index is 11.3. The van der Waals surface area contributed by atoms with Gasteiger partial charge in [-0.3, -0.25) is 4.79 Å². The Kier molecular flexibility index (Phi) is 2.83. The summed E-state index contributed by atoms with van der Waals surface area (Å²) in [6, 6.07) is 8.04. The van der Waals surface area contributed by atoms with Crippen LogP contribution in [0.1, 0.15) is 17.9 Å². The molecule has 74 valence electrons. The molecule has 1 heterocycles. The van der Waals surface area contributed by atoms with Crippen LogP contribution in [0.25, 0.3) is 0 Å². The highest BCUT2D eigenvalue weighted by Crippen LogP contribution is 2.35. The number of thioether (sulfide) groups is 1. The number of carbonyl (C=O) groups is 1. The number of benzene rings is 1. The molecule has 14 heavy (non-hydrogen) atoms. The van der Waals surface area contributed by atoms with Crippen molar-refractivity contribution >= 4 is 33.6 Å². The topological polar surface area (TPSA) is 29.1 Å². The van der Waals surface area contributed by atoms with Crippen molar-refractivity contribution in [2.75, 3.05) is 0 Å². The Morgan fingerprint density at radius 2 is 2.00 bits per heavy atom. The third-order valence-corrected chi connectivity index (χ3v) is 3.97. The SMILES string of the molecule is C[C@H]1S[C@H](c2ccc(Br)cc2)NC1=O. The van der Waals surface area contributed by atoms with Gasteiger partial charge in [0.05, 0.1) is 5.25 Å². The van der Waals surface area contributed by atoms with Crippen LogP contribution in [-0.2, 0) is 4.79 Å². The first-order valence-corrected chi connectivity index (χ1v) is 6.12. The summed E-state index contributed by atoms with van der Waals surface area (Å²) < 4.78 is 1.06. The summed E-state index contributed by atoms with van der Waals surface area (Å²) in [5.74, 6) is 0.128. The van der Waals surface area contributed by atoms with Gasteiger partial charge in [-0.2, -0.15) is 0 Å². The zero-order valence-corrected chi connectivity index (χ0v) is 10.1. The zero-order chi connectivity index (χ0) is 10.1. The summed E-state index contributed by atoms with van der Waals surface area (Å²) in [6.07, 6.45) is 0. The van der Waals surface area contributed by atoms with Gasteiger partial charge in [-0.15, -0.1) is 11.8 Å². The van der Waals surface area contributed by atoms with E-state index in [0.29, 0.717) is 0 Å². The van der Waals surface area contributed by atoms with Crippen molar-refractivity contribution in [3.05, 3.63) is 34.3 Å². The molecule has 0 aliphatic carbocycles. The molecule has 1 aromatic carbocycles. The number of halogens is 1. The second-order valence-electron chi connectivity index (χ2n) is 3.22. The Hall–Kier alpha value is -0.480. The van der Waals surface area contributed by atoms with E-state index in [9.17, 15) is 4.79 Å². The summed E-state index contributed by atoms with van der Waals surface area (Å²) in [5.41, 5.74) is 1.15. The van der Waals surface area contributed by atoms with E-state index in [1.54, 1.807) is 11.8 Å². The summed E-state index contributed by atoms with van der Waals surface area (Å²) in [6.45, 7) is 1.93. The van der Waals surface area contributed by atoms with Crippen LogP contribution in [0.15, 0.2) is 28.7 Å². The fraction of sp³-hybridized carbons (Fsp3) is 0.300. The van der Waals surface area contributed by atoms with Crippen LogP contribution >= 0.6 is 27.7 Å². The molecule has 2 nitrogen and oxygen atoms in total. The molecule has 1 aliphatic heterocycles. The minimum atomic E-state index is 0.0589. The Bertz CT molecular complexity index is 352. The van der Waals surface area contributed by atoms with E-state index in [-0.39, 0.29) is 16.5 Å². The lowest BCUT2D eigenvalue weighted by molar-refractivity contribution is -0.119. The van der Waals surface area contributed by atoms with Crippen molar-refractivity contribution in [3.8, 4) is 0 Å². The molecule has 1 aromatic rings. The number of nitrogens with one attached hydrogen (secondary N) is 1. The summed E-state index contributed by atoms with van der Waals surface area (Å²) in [7, 11) is 0. The molecule has 0 spiro atoms. The predicted octanol–water partition coefficient (Wildman–Crippen LogP) is 2.70. The quantitative estimate of drug-likeness (QED) is 0.851. The Morgan fingerprint density at radius 3 is 2.50 bits per heavy atom. The first-order valence-electron chi connectivity index (χ1n) is 4.38. The van der Waals surface area contributed by atoms with E-state index in [1.807, 2.05) is 31.2 Å². The molecule has 2 rings (SSSR count). The molecule has 1 N–H and O–H groups in total. The highest BCUT2D eigenvalue weighted by molar-refractivity contribution is 9.10. The summed E-state index contributed by atoms with van der Waals surface area (Å²) >= 11 is 5.04. The van der Waals surface area contributed by atoms with Crippen LogP contribution in [-0.4, -0.2) is 11.2 Å². The smallest absolute Gasteiger partial charge is 0.234 e. The first-order chi connectivity index (χ1) is 6.66. The Labute approximate surface area is 95.6 Å². The number of hydrogen-bond acceptors (Lipinski definition) is 2. The van der Waals surface area contributed by atoms with Gasteiger partial charge in [-0.25, -0.2) is 0 Å². The molecular weight excluding hydrogens is 262 g/mol. The molecule has 1 saturated heterocycles. The molecule has 0 radical (unpaired) electrons. The van der Waals surface area contributed by atoms with Crippen molar-refractivity contribution in [2.24, 2.45) is 0 Å². The van der Waals surface area contributed by atoms with Crippen molar-refractivity contribution in [1.29, 1.82) is 0 Å². The number of rotatable bonds is 1. The van der Waals surface area contributed by atoms with E-state index < -0.39 is 0 Å². The van der Waals surface area contributed by atoms with Gasteiger partial charge in [0.15, 0.2) is 0 Å². The lowest BCUT2D eigenvalue weighted by atomic mass is 10.2. The standard InChI is InChI=1S/C10H10BrNOS/c1-6-9(13)12-10(14-6)7-2-4-8(11)5-3-7/h2-6,10H,1H3,(H,12,13)/t6-,10-/m1/s1. The molecule has 0 aromatic heterocycles. The van der Waals surface area contributed by atoms with Gasteiger partial charge < -0.3 is 5.32 Å². The second kappa shape index (κ2) is 3.95.